The number of thiazole rings is 2. The van der Waals surface area contributed by atoms with Crippen LogP contribution in [0.5, 0.6) is 0 Å². The van der Waals surface area contributed by atoms with Crippen molar-refractivity contribution in [3.8, 4) is 10.6 Å². The van der Waals surface area contributed by atoms with Crippen LogP contribution in [0.3, 0.4) is 0 Å². The van der Waals surface area contributed by atoms with Crippen LogP contribution in [0.15, 0.2) is 78.6 Å². The highest BCUT2D eigenvalue weighted by Crippen LogP contribution is 2.32. The summed E-state index contributed by atoms with van der Waals surface area (Å²) >= 11 is 14.6. The van der Waals surface area contributed by atoms with E-state index in [1.807, 2.05) is 37.3 Å². The maximum atomic E-state index is 12.6. The number of hydrogen-bond donors (Lipinski definition) is 2. The van der Waals surface area contributed by atoms with Crippen LogP contribution in [0, 0.1) is 0 Å². The number of halogens is 2. The third-order valence-electron chi connectivity index (χ3n) is 6.18. The molecule has 43 heavy (non-hydrogen) atoms. The average molecular weight is 673 g/mol. The van der Waals surface area contributed by atoms with Crippen LogP contribution in [0.4, 0.5) is 0 Å². The minimum atomic E-state index is -4.48. The van der Waals surface area contributed by atoms with Gasteiger partial charge in [-0.15, -0.1) is 22.7 Å². The van der Waals surface area contributed by atoms with Crippen molar-refractivity contribution in [3.63, 3.8) is 0 Å². The van der Waals surface area contributed by atoms with E-state index in [1.165, 1.54) is 17.4 Å². The van der Waals surface area contributed by atoms with Crippen molar-refractivity contribution in [1.29, 1.82) is 0 Å². The topological polar surface area (TPSA) is 109 Å². The summed E-state index contributed by atoms with van der Waals surface area (Å²) in [6, 6.07) is 10.3. The highest BCUT2D eigenvalue weighted by Gasteiger charge is 2.20. The number of amides is 1. The Labute approximate surface area is 267 Å². The van der Waals surface area contributed by atoms with Crippen LogP contribution in [0.2, 0.25) is 10.0 Å². The number of benzene rings is 2. The molecule has 1 amide bonds. The quantitative estimate of drug-likeness (QED) is 0.142. The first kappa shape index (κ1) is 32.5. The zero-order valence-corrected chi connectivity index (χ0v) is 27.4. The van der Waals surface area contributed by atoms with Crippen LogP contribution in [-0.2, 0) is 10.1 Å². The van der Waals surface area contributed by atoms with Gasteiger partial charge in [0.15, 0.2) is 0 Å². The highest BCUT2D eigenvalue weighted by atomic mass is 35.5. The predicted molar refractivity (Wildman–Crippen MR) is 180 cm³/mol. The van der Waals surface area contributed by atoms with Crippen LogP contribution < -0.4 is 15.2 Å². The molecule has 0 fully saturated rings. The fourth-order valence-electron chi connectivity index (χ4n) is 4.00. The molecular weight excluding hydrogens is 645 g/mol. The Hall–Kier alpha value is -3.38. The first-order valence-electron chi connectivity index (χ1n) is 12.9. The monoisotopic (exact) mass is 671 g/mol. The van der Waals surface area contributed by atoms with E-state index in [4.69, 9.17) is 28.2 Å². The molecule has 0 saturated heterocycles. The van der Waals surface area contributed by atoms with Gasteiger partial charge in [-0.1, -0.05) is 61.5 Å². The van der Waals surface area contributed by atoms with E-state index in [0.717, 1.165) is 44.1 Å². The number of nitrogens with zero attached hydrogens (tertiary/aromatic N) is 2. The summed E-state index contributed by atoms with van der Waals surface area (Å²) in [7, 11) is -4.48. The van der Waals surface area contributed by atoms with Crippen LogP contribution in [-0.4, -0.2) is 28.8 Å². The second-order valence-corrected chi connectivity index (χ2v) is 13.5. The maximum absolute atomic E-state index is 12.6. The maximum Gasteiger partial charge on any atom is 0.296 e. The summed E-state index contributed by atoms with van der Waals surface area (Å²) in [5.41, 5.74) is 3.57. The minimum Gasteiger partial charge on any atom is -0.323 e. The molecule has 4 rings (SSSR count). The lowest BCUT2D eigenvalue weighted by Gasteiger charge is -2.06. The molecule has 0 aliphatic heterocycles. The van der Waals surface area contributed by atoms with E-state index in [0.29, 0.717) is 31.4 Å². The molecule has 7 nitrogen and oxygen atoms in total. The second-order valence-electron chi connectivity index (χ2n) is 9.28. The van der Waals surface area contributed by atoms with Gasteiger partial charge in [-0.2, -0.15) is 8.42 Å². The number of hydrogen-bond acceptors (Lipinski definition) is 7. The van der Waals surface area contributed by atoms with Crippen molar-refractivity contribution >= 4 is 89.2 Å². The zero-order chi connectivity index (χ0) is 31.5. The molecule has 222 valence electrons. The predicted octanol–water partition coefficient (Wildman–Crippen LogP) is 7.39. The molecule has 0 atom stereocenters. The summed E-state index contributed by atoms with van der Waals surface area (Å²) in [6.07, 6.45) is 7.95. The molecule has 0 spiro atoms. The summed E-state index contributed by atoms with van der Waals surface area (Å²) < 4.78 is 35.3. The molecule has 2 N–H and O–H groups in total. The molecular formula is C31H27Cl2N3O4S3. The smallest absolute Gasteiger partial charge is 0.296 e. The van der Waals surface area contributed by atoms with Crippen molar-refractivity contribution in [3.05, 3.63) is 109 Å². The number of rotatable bonds is 9. The van der Waals surface area contributed by atoms with Gasteiger partial charge in [-0.05, 0) is 68.3 Å². The van der Waals surface area contributed by atoms with E-state index < -0.39 is 10.1 Å². The highest BCUT2D eigenvalue weighted by molar-refractivity contribution is 7.95. The number of carbonyl (C=O) groups is 1. The van der Waals surface area contributed by atoms with Crippen molar-refractivity contribution < 1.29 is 17.8 Å². The van der Waals surface area contributed by atoms with Crippen molar-refractivity contribution in [2.45, 2.75) is 27.2 Å². The van der Waals surface area contributed by atoms with E-state index in [9.17, 15) is 17.8 Å². The lowest BCUT2D eigenvalue weighted by atomic mass is 10.2. The van der Waals surface area contributed by atoms with Gasteiger partial charge in [0.1, 0.15) is 14.9 Å². The van der Waals surface area contributed by atoms with Gasteiger partial charge in [-0.25, -0.2) is 9.97 Å². The normalized spacial score (nSPS) is 13.5. The Morgan fingerprint density at radius 2 is 1.84 bits per heavy atom. The van der Waals surface area contributed by atoms with E-state index in [2.05, 4.69) is 23.5 Å². The number of carbonyl (C=O) groups excluding carboxylic acids is 1. The van der Waals surface area contributed by atoms with Crippen molar-refractivity contribution in [1.82, 2.24) is 15.3 Å². The van der Waals surface area contributed by atoms with Gasteiger partial charge in [-0.3, -0.25) is 9.35 Å². The minimum absolute atomic E-state index is 0.194. The van der Waals surface area contributed by atoms with E-state index in [-0.39, 0.29) is 21.2 Å². The first-order valence-corrected chi connectivity index (χ1v) is 16.7. The van der Waals surface area contributed by atoms with Crippen LogP contribution in [0.1, 0.15) is 42.6 Å². The molecule has 0 unspecified atom stereocenters. The molecule has 0 bridgehead atoms. The third kappa shape index (κ3) is 7.59. The van der Waals surface area contributed by atoms with Crippen molar-refractivity contribution in [2.75, 3.05) is 0 Å². The summed E-state index contributed by atoms with van der Waals surface area (Å²) in [5, 5.41) is 5.00. The lowest BCUT2D eigenvalue weighted by molar-refractivity contribution is 0.0967. The van der Waals surface area contributed by atoms with Gasteiger partial charge >= 0.3 is 0 Å². The Bertz CT molecular complexity index is 2070. The van der Waals surface area contributed by atoms with E-state index in [1.54, 1.807) is 38.1 Å². The third-order valence-corrected chi connectivity index (χ3v) is 10.3. The van der Waals surface area contributed by atoms with Crippen LogP contribution in [0.25, 0.3) is 37.8 Å². The standard InChI is InChI=1S/C31H27Cl2N3O4S3/c1-6-8-20(10-9-18(4)34-29(37)21-11-13-23(32)24(33)15-21)30-36-25-14-12-22(16-26(25)41-30)31-35-19(5)27(42-31)28(17(3)7-2)43(38,39)40/h7-16H,4-6H2,1-3H3,(H,34,37)(H,38,39,40). The van der Waals surface area contributed by atoms with Gasteiger partial charge in [0.2, 0.25) is 0 Å². The number of fused-ring (bicyclic) bond motifs is 1. The Balaban J connectivity index is 1.62. The largest absolute Gasteiger partial charge is 0.323 e. The summed E-state index contributed by atoms with van der Waals surface area (Å²) in [4.78, 5) is 21.7. The Kier molecular flexibility index (Phi) is 10.2. The molecule has 0 radical (unpaired) electrons. The Morgan fingerprint density at radius 1 is 1.09 bits per heavy atom. The fourth-order valence-corrected chi connectivity index (χ4v) is 7.65. The van der Waals surface area contributed by atoms with Gasteiger partial charge in [0.05, 0.1) is 30.1 Å². The van der Waals surface area contributed by atoms with Crippen molar-refractivity contribution in [2.24, 2.45) is 0 Å². The molecule has 0 aliphatic carbocycles. The van der Waals surface area contributed by atoms with Gasteiger partial charge in [0, 0.05) is 22.4 Å². The van der Waals surface area contributed by atoms with Crippen LogP contribution >= 0.6 is 45.9 Å². The molecule has 2 aromatic heterocycles. The number of nitrogens with one attached hydrogen (secondary N) is 1. The molecule has 12 heteroatoms. The number of aromatic nitrogens is 2. The number of allylic oxidation sites excluding steroid dienone is 5. The molecule has 2 aromatic carbocycles. The second kappa shape index (κ2) is 13.5. The average Bonchev–Trinajstić information content (AvgIpc) is 3.54. The Morgan fingerprint density at radius 3 is 2.49 bits per heavy atom. The SMILES string of the molecule is C=C(C=CC(=CCC)c1nc2ccc(-c3nc(=C)c(=C(C(C)=CC)S(=O)(=O)O)s3)cc2s1)NC(=O)c1ccc(Cl)c(Cl)c1. The molecule has 2 heterocycles. The molecule has 0 saturated carbocycles. The first-order chi connectivity index (χ1) is 20.3. The van der Waals surface area contributed by atoms with Gasteiger partial charge in [0.25, 0.3) is 16.0 Å². The fraction of sp³-hybridized carbons (Fsp3) is 0.129. The summed E-state index contributed by atoms with van der Waals surface area (Å²) in [5.74, 6) is -0.361. The molecule has 4 aromatic rings. The molecule has 0 aliphatic rings. The van der Waals surface area contributed by atoms with Gasteiger partial charge < -0.3 is 5.32 Å². The lowest BCUT2D eigenvalue weighted by Crippen LogP contribution is -2.25. The zero-order valence-electron chi connectivity index (χ0n) is 23.4. The van der Waals surface area contributed by atoms with E-state index >= 15 is 0 Å². The summed E-state index contributed by atoms with van der Waals surface area (Å²) in [6.45, 7) is 13.2.